The molecule has 18 nitrogen and oxygen atoms in total. The Morgan fingerprint density at radius 1 is 0.380 bits per heavy atom. The molecule has 9 aromatic carbocycles. The first-order valence-corrected chi connectivity index (χ1v) is 39.4. The molecule has 4 heterocycles. The lowest BCUT2D eigenvalue weighted by atomic mass is 9.66. The lowest BCUT2D eigenvalue weighted by Crippen LogP contribution is -2.37. The van der Waals surface area contributed by atoms with Gasteiger partial charge in [-0.3, -0.25) is 40.5 Å². The Hall–Kier alpha value is -10.6. The van der Waals surface area contributed by atoms with Crippen molar-refractivity contribution in [1.29, 1.82) is 0 Å². The molecule has 18 heteroatoms. The van der Waals surface area contributed by atoms with Gasteiger partial charge >= 0.3 is 0 Å². The van der Waals surface area contributed by atoms with E-state index in [1.54, 1.807) is 48.5 Å². The molecular formula is C90H92N8O10+2. The largest absolute Gasteiger partial charge is 0.380 e. The van der Waals surface area contributed by atoms with Crippen LogP contribution in [0.25, 0.3) is 43.1 Å². The van der Waals surface area contributed by atoms with Crippen LogP contribution in [0.5, 0.6) is 0 Å². The second kappa shape index (κ2) is 28.5. The van der Waals surface area contributed by atoms with Crippen LogP contribution in [-0.2, 0) is 44.2 Å². The van der Waals surface area contributed by atoms with Crippen molar-refractivity contribution >= 4 is 100 Å². The number of hydrogen-bond donors (Lipinski definition) is 0. The molecule has 4 aliphatic carbocycles. The summed E-state index contributed by atoms with van der Waals surface area (Å²) in [6.07, 6.45) is 33.6. The fraction of sp³-hybridized carbons (Fsp3) is 0.378. The summed E-state index contributed by atoms with van der Waals surface area (Å²) in [5, 5.41) is 58.0. The van der Waals surface area contributed by atoms with Gasteiger partial charge in [-0.1, -0.05) is 126 Å². The van der Waals surface area contributed by atoms with Crippen molar-refractivity contribution in [2.45, 2.75) is 177 Å². The average molecular weight is 1450 g/mol. The van der Waals surface area contributed by atoms with Crippen LogP contribution in [0, 0.1) is 40.5 Å². The van der Waals surface area contributed by atoms with Gasteiger partial charge in [-0.2, -0.15) is 9.15 Å². The maximum absolute atomic E-state index is 12.7. The number of rotatable bonds is 20. The molecule has 0 saturated heterocycles. The van der Waals surface area contributed by atoms with Crippen molar-refractivity contribution in [3.05, 3.63) is 267 Å². The maximum atomic E-state index is 12.7. The van der Waals surface area contributed by atoms with Crippen LogP contribution >= 0.6 is 0 Å². The molecule has 4 fully saturated rings. The third-order valence-electron chi connectivity index (χ3n) is 25.9. The normalized spacial score (nSPS) is 19.6. The number of hydrogen-bond acceptors (Lipinski definition) is 12. The van der Waals surface area contributed by atoms with E-state index in [2.05, 4.69) is 128 Å². The summed E-state index contributed by atoms with van der Waals surface area (Å²) in [6, 6.07) is 47.6. The maximum Gasteiger partial charge on any atom is 0.270 e. The molecule has 17 rings (SSSR count). The second-order valence-electron chi connectivity index (χ2n) is 31.3. The smallest absolute Gasteiger partial charge is 0.270 e. The molecule has 0 amide bonds. The molecule has 108 heavy (non-hydrogen) atoms. The average Bonchev–Trinajstić information content (AvgIpc) is 1.54. The zero-order valence-electron chi connectivity index (χ0n) is 61.8. The van der Waals surface area contributed by atoms with Gasteiger partial charge in [-0.25, -0.2) is 0 Å². The first-order valence-electron chi connectivity index (χ1n) is 39.4. The molecule has 0 aromatic heterocycles. The zero-order valence-corrected chi connectivity index (χ0v) is 61.8. The number of ether oxygens (including phenoxy) is 2. The van der Waals surface area contributed by atoms with Gasteiger partial charge < -0.3 is 19.3 Å². The van der Waals surface area contributed by atoms with E-state index in [0.29, 0.717) is 52.6 Å². The molecule has 9 aromatic rings. The van der Waals surface area contributed by atoms with Gasteiger partial charge in [0.2, 0.25) is 11.4 Å². The lowest BCUT2D eigenvalue weighted by Gasteiger charge is -2.37. The van der Waals surface area contributed by atoms with Crippen molar-refractivity contribution in [1.82, 2.24) is 0 Å². The highest BCUT2D eigenvalue weighted by atomic mass is 16.6. The molecule has 0 N–H and O–H groups in total. The van der Waals surface area contributed by atoms with Crippen molar-refractivity contribution in [3.8, 4) is 0 Å². The van der Waals surface area contributed by atoms with Crippen LogP contribution in [0.1, 0.15) is 176 Å². The number of non-ortho nitro benzene ring substituents is 4. The minimum Gasteiger partial charge on any atom is -0.380 e. The molecule has 0 unspecified atom stereocenters. The third kappa shape index (κ3) is 11.7. The highest BCUT2D eigenvalue weighted by Crippen LogP contribution is 2.61. The second-order valence-corrected chi connectivity index (χ2v) is 31.3. The fourth-order valence-electron chi connectivity index (χ4n) is 21.3. The highest BCUT2D eigenvalue weighted by Gasteiger charge is 2.56. The predicted molar refractivity (Wildman–Crippen MR) is 427 cm³/mol. The Labute approximate surface area is 628 Å². The van der Waals surface area contributed by atoms with Gasteiger partial charge in [0.05, 0.1) is 43.7 Å². The Morgan fingerprint density at radius 3 is 0.991 bits per heavy atom. The zero-order chi connectivity index (χ0) is 74.1. The minimum absolute atomic E-state index is 0.0665. The van der Waals surface area contributed by atoms with Gasteiger partial charge in [0.25, 0.3) is 22.7 Å². The van der Waals surface area contributed by atoms with E-state index < -0.39 is 21.7 Å². The van der Waals surface area contributed by atoms with E-state index in [9.17, 15) is 40.5 Å². The number of nitrogens with zero attached hydrogens (tertiary/aromatic N) is 8. The van der Waals surface area contributed by atoms with E-state index in [4.69, 9.17) is 9.47 Å². The van der Waals surface area contributed by atoms with Gasteiger partial charge in [-0.05, 0) is 180 Å². The number of anilines is 2. The summed E-state index contributed by atoms with van der Waals surface area (Å²) >= 11 is 0. The number of nitro groups is 4. The van der Waals surface area contributed by atoms with Crippen molar-refractivity contribution < 1.29 is 38.3 Å². The standard InChI is InChI=1S/C90H92N8O10/c1-3-107-53-51-91-75-39-31-63-27-35-67(95(99)100)55-71(63)83(75)87(43-9-5-10-44-87)79(91)19-17-21-81-89(47-13-7-14-48-89)85-73-57-69(97(103)104)37-29-65(73)33-41-77(85)93(81)59-61-23-25-62(26-24-61)60-94-78-42-34-66-30-38-70(98(105)106)58-74(66)86(78)90(49-15-8-16-50-90)82(94)22-18-20-80-88(45-11-6-12-46-88)84-72-56-68(96(101)102)36-28-64(72)32-40-76(84)92(80)52-54-108-4-2/h17-42,55-58H,3-16,43-54,59-60H2,1-2H3/q+2. The van der Waals surface area contributed by atoms with E-state index in [1.165, 1.54) is 22.5 Å². The summed E-state index contributed by atoms with van der Waals surface area (Å²) < 4.78 is 17.2. The van der Waals surface area contributed by atoms with Crippen LogP contribution < -0.4 is 9.80 Å². The summed E-state index contributed by atoms with van der Waals surface area (Å²) in [5.74, 6) is 0. The quantitative estimate of drug-likeness (QED) is 0.0303. The summed E-state index contributed by atoms with van der Waals surface area (Å²) in [5.41, 5.74) is 14.4. The topological polar surface area (TPSA) is 204 Å². The monoisotopic (exact) mass is 1440 g/mol. The third-order valence-corrected chi connectivity index (χ3v) is 25.9. The highest BCUT2D eigenvalue weighted by molar-refractivity contribution is 6.10. The van der Waals surface area contributed by atoms with E-state index in [1.807, 2.05) is 38.1 Å². The van der Waals surface area contributed by atoms with Crippen LogP contribution in [0.15, 0.2) is 193 Å². The number of allylic oxidation sites excluding steroid dienone is 8. The summed E-state index contributed by atoms with van der Waals surface area (Å²) in [6.45, 7) is 8.50. The minimum atomic E-state index is -0.460. The van der Waals surface area contributed by atoms with Gasteiger partial charge in [-0.15, -0.1) is 0 Å². The van der Waals surface area contributed by atoms with Crippen LogP contribution in [0.4, 0.5) is 45.5 Å². The van der Waals surface area contributed by atoms with Crippen LogP contribution in [-0.4, -0.2) is 79.8 Å². The Balaban J connectivity index is 0.798. The van der Waals surface area contributed by atoms with E-state index in [-0.39, 0.29) is 42.4 Å². The van der Waals surface area contributed by atoms with E-state index in [0.717, 1.165) is 228 Å². The predicted octanol–water partition coefficient (Wildman–Crippen LogP) is 21.3. The molecule has 4 saturated carbocycles. The Bertz CT molecular complexity index is 5060. The van der Waals surface area contributed by atoms with Gasteiger partial charge in [0.15, 0.2) is 24.5 Å². The van der Waals surface area contributed by atoms with Crippen molar-refractivity contribution in [3.63, 3.8) is 0 Å². The van der Waals surface area contributed by atoms with Crippen molar-refractivity contribution in [2.75, 3.05) is 49.3 Å². The lowest BCUT2D eigenvalue weighted by molar-refractivity contribution is -0.456. The molecule has 0 atom stereocenters. The Kier molecular flexibility index (Phi) is 18.6. The number of fused-ring (bicyclic) bond motifs is 16. The van der Waals surface area contributed by atoms with Crippen molar-refractivity contribution in [2.24, 2.45) is 0 Å². The number of nitro benzene ring substituents is 4. The fourth-order valence-corrected chi connectivity index (χ4v) is 21.3. The van der Waals surface area contributed by atoms with Crippen LogP contribution in [0.2, 0.25) is 0 Å². The molecule has 4 aliphatic heterocycles. The molecule has 0 bridgehead atoms. The van der Waals surface area contributed by atoms with Gasteiger partial charge in [0.1, 0.15) is 0 Å². The Morgan fingerprint density at radius 2 is 0.676 bits per heavy atom. The molecule has 0 radical (unpaired) electrons. The van der Waals surface area contributed by atoms with Crippen LogP contribution in [0.3, 0.4) is 0 Å². The molecule has 4 spiro atoms. The summed E-state index contributed by atoms with van der Waals surface area (Å²) in [7, 11) is 0. The SMILES string of the molecule is CCOCCN1/C(=C/C=C/C2=[N+](Cc3ccc(C[N+]4=C(/C=C/C=C5/N(CCOCC)c6ccc7ccc([N+](=O)[O-])cc7c6C56CCCCC6)C5(CCCCC5)c5c4ccc4ccc([N+](=O)[O-])cc54)cc3)c3ccc4ccc([N+](=O)[O-])cc4c3C23CCCCC3)C2(CCCCC2)c2c1ccc1ccc([N+](=O)[O-])cc21. The first-order chi connectivity index (χ1) is 52.7. The van der Waals surface area contributed by atoms with E-state index >= 15 is 0 Å². The summed E-state index contributed by atoms with van der Waals surface area (Å²) in [4.78, 5) is 54.1. The molecular weight excluding hydrogens is 1350 g/mol. The molecule has 8 aliphatic rings. The first kappa shape index (κ1) is 70.4. The number of benzene rings is 9. The molecule has 550 valence electrons. The van der Waals surface area contributed by atoms with Gasteiger partial charge in [0, 0.05) is 155 Å².